The largest absolute Gasteiger partial charge is 0.459 e. The second kappa shape index (κ2) is 10.7. The summed E-state index contributed by atoms with van der Waals surface area (Å²) < 4.78 is 6.97. The number of non-ortho nitro benzene ring substituents is 1. The third kappa shape index (κ3) is 6.16. The molecule has 0 bridgehead atoms. The molecule has 0 saturated heterocycles. The van der Waals surface area contributed by atoms with Crippen LogP contribution in [0.3, 0.4) is 0 Å². The van der Waals surface area contributed by atoms with Crippen LogP contribution in [-0.2, 0) is 16.1 Å². The number of benzene rings is 2. The fraction of sp³-hybridized carbons (Fsp3) is 0.273. The van der Waals surface area contributed by atoms with Gasteiger partial charge in [0.05, 0.1) is 22.3 Å². The van der Waals surface area contributed by atoms with Gasteiger partial charge in [-0.1, -0.05) is 30.0 Å². The fourth-order valence-electron chi connectivity index (χ4n) is 2.99. The molecule has 0 aliphatic carbocycles. The van der Waals surface area contributed by atoms with Crippen LogP contribution in [0.4, 0.5) is 11.4 Å². The number of nitrogens with zero attached hydrogens (tertiary/aromatic N) is 4. The van der Waals surface area contributed by atoms with Gasteiger partial charge in [0.25, 0.3) is 5.69 Å². The number of thioether (sulfide) groups is 1. The zero-order valence-corrected chi connectivity index (χ0v) is 19.2. The van der Waals surface area contributed by atoms with Gasteiger partial charge in [-0.25, -0.2) is 4.79 Å². The smallest absolute Gasteiger partial charge is 0.338 e. The highest BCUT2D eigenvalue weighted by molar-refractivity contribution is 7.99. The summed E-state index contributed by atoms with van der Waals surface area (Å²) >= 11 is 1.20. The summed E-state index contributed by atoms with van der Waals surface area (Å²) in [5.74, 6) is -0.189. The highest BCUT2D eigenvalue weighted by Gasteiger charge is 2.17. The van der Waals surface area contributed by atoms with E-state index in [9.17, 15) is 19.7 Å². The van der Waals surface area contributed by atoms with Crippen molar-refractivity contribution in [3.05, 3.63) is 64.2 Å². The molecule has 2 aromatic carbocycles. The van der Waals surface area contributed by atoms with E-state index in [0.29, 0.717) is 34.3 Å². The molecule has 0 aliphatic heterocycles. The molecule has 0 fully saturated rings. The highest BCUT2D eigenvalue weighted by Crippen LogP contribution is 2.26. The lowest BCUT2D eigenvalue weighted by Crippen LogP contribution is -2.16. The maximum absolute atomic E-state index is 12.5. The van der Waals surface area contributed by atoms with Gasteiger partial charge in [0.1, 0.15) is 0 Å². The summed E-state index contributed by atoms with van der Waals surface area (Å²) in [6, 6.07) is 12.7. The van der Waals surface area contributed by atoms with E-state index in [0.717, 1.165) is 0 Å². The van der Waals surface area contributed by atoms with Crippen molar-refractivity contribution in [3.63, 3.8) is 0 Å². The number of anilines is 1. The van der Waals surface area contributed by atoms with Gasteiger partial charge in [-0.15, -0.1) is 10.2 Å². The lowest BCUT2D eigenvalue weighted by Gasteiger charge is -2.10. The van der Waals surface area contributed by atoms with E-state index in [4.69, 9.17) is 4.74 Å². The van der Waals surface area contributed by atoms with Crippen molar-refractivity contribution in [1.29, 1.82) is 0 Å². The second-order valence-corrected chi connectivity index (χ2v) is 8.17. The third-order valence-corrected chi connectivity index (χ3v) is 5.37. The first-order chi connectivity index (χ1) is 15.8. The molecule has 11 heteroatoms. The Labute approximate surface area is 194 Å². The Morgan fingerprint density at radius 1 is 1.18 bits per heavy atom. The molecule has 1 aromatic heterocycles. The Hall–Kier alpha value is -3.73. The highest BCUT2D eigenvalue weighted by atomic mass is 32.2. The van der Waals surface area contributed by atoms with Gasteiger partial charge in [0, 0.05) is 29.9 Å². The van der Waals surface area contributed by atoms with Gasteiger partial charge in [0.2, 0.25) is 5.91 Å². The zero-order valence-electron chi connectivity index (χ0n) is 18.3. The number of nitrogens with one attached hydrogen (secondary N) is 1. The van der Waals surface area contributed by atoms with Crippen LogP contribution in [0.25, 0.3) is 11.4 Å². The predicted molar refractivity (Wildman–Crippen MR) is 124 cm³/mol. The summed E-state index contributed by atoms with van der Waals surface area (Å²) in [5.41, 5.74) is 1.36. The van der Waals surface area contributed by atoms with Crippen LogP contribution in [0, 0.1) is 10.1 Å². The molecule has 0 aliphatic rings. The number of hydrogen-bond donors (Lipinski definition) is 1. The van der Waals surface area contributed by atoms with Gasteiger partial charge in [0.15, 0.2) is 11.0 Å². The van der Waals surface area contributed by atoms with Gasteiger partial charge >= 0.3 is 5.97 Å². The van der Waals surface area contributed by atoms with Crippen LogP contribution in [0.2, 0.25) is 0 Å². The Kier molecular flexibility index (Phi) is 7.78. The molecule has 0 spiro atoms. The normalized spacial score (nSPS) is 10.8. The molecule has 1 heterocycles. The van der Waals surface area contributed by atoms with Crippen molar-refractivity contribution in [2.75, 3.05) is 11.1 Å². The van der Waals surface area contributed by atoms with E-state index in [-0.39, 0.29) is 23.5 Å². The lowest BCUT2D eigenvalue weighted by molar-refractivity contribution is -0.384. The first kappa shape index (κ1) is 23.9. The molecule has 3 aromatic rings. The molecule has 3 rings (SSSR count). The number of aromatic nitrogens is 3. The summed E-state index contributed by atoms with van der Waals surface area (Å²) in [6.45, 7) is 5.95. The number of rotatable bonds is 9. The number of carbonyl (C=O) groups excluding carboxylic acids is 2. The van der Waals surface area contributed by atoms with Crippen molar-refractivity contribution in [2.45, 2.75) is 38.6 Å². The molecule has 1 N–H and O–H groups in total. The molecule has 0 saturated carbocycles. The second-order valence-electron chi connectivity index (χ2n) is 7.23. The molecular formula is C22H23N5O5S. The molecule has 1 amide bonds. The van der Waals surface area contributed by atoms with E-state index in [1.54, 1.807) is 54.8 Å². The SMILES string of the molecule is CCn1c(SCC(=O)Nc2cccc(C(=O)OC(C)C)c2)nnc1-c1cccc([N+](=O)[O-])c1. The maximum Gasteiger partial charge on any atom is 0.338 e. The van der Waals surface area contributed by atoms with Crippen molar-refractivity contribution < 1.29 is 19.2 Å². The van der Waals surface area contributed by atoms with Crippen molar-refractivity contribution in [3.8, 4) is 11.4 Å². The number of esters is 1. The van der Waals surface area contributed by atoms with Gasteiger partial charge in [-0.3, -0.25) is 14.9 Å². The number of amides is 1. The Morgan fingerprint density at radius 3 is 2.64 bits per heavy atom. The first-order valence-electron chi connectivity index (χ1n) is 10.2. The molecular weight excluding hydrogens is 446 g/mol. The Bertz CT molecular complexity index is 1180. The van der Waals surface area contributed by atoms with Crippen LogP contribution < -0.4 is 5.32 Å². The standard InChI is InChI=1S/C22H23N5O5S/c1-4-26-20(15-7-6-10-18(12-15)27(30)31)24-25-22(26)33-13-19(28)23-17-9-5-8-16(11-17)21(29)32-14(2)3/h5-12,14H,4,13H2,1-3H3,(H,23,28). The number of nitro benzene ring substituents is 1. The minimum atomic E-state index is -0.465. The number of nitro groups is 1. The average Bonchev–Trinajstić information content (AvgIpc) is 3.20. The van der Waals surface area contributed by atoms with E-state index >= 15 is 0 Å². The third-order valence-electron chi connectivity index (χ3n) is 4.41. The summed E-state index contributed by atoms with van der Waals surface area (Å²) in [5, 5.41) is 22.6. The Morgan fingerprint density at radius 2 is 1.94 bits per heavy atom. The van der Waals surface area contributed by atoms with Crippen molar-refractivity contribution in [1.82, 2.24) is 14.8 Å². The van der Waals surface area contributed by atoms with E-state index in [1.807, 2.05) is 6.92 Å². The van der Waals surface area contributed by atoms with Gasteiger partial charge in [-0.05, 0) is 39.0 Å². The summed E-state index contributed by atoms with van der Waals surface area (Å²) in [6.07, 6.45) is -0.241. The van der Waals surface area contributed by atoms with E-state index in [2.05, 4.69) is 15.5 Å². The molecule has 10 nitrogen and oxygen atoms in total. The Balaban J connectivity index is 1.67. The minimum Gasteiger partial charge on any atom is -0.459 e. The van der Waals surface area contributed by atoms with Crippen LogP contribution >= 0.6 is 11.8 Å². The van der Waals surface area contributed by atoms with Crippen LogP contribution in [0.5, 0.6) is 0 Å². The monoisotopic (exact) mass is 469 g/mol. The molecule has 172 valence electrons. The summed E-state index contributed by atoms with van der Waals surface area (Å²) in [4.78, 5) is 35.1. The van der Waals surface area contributed by atoms with Crippen LogP contribution in [-0.4, -0.2) is 43.4 Å². The van der Waals surface area contributed by atoms with E-state index < -0.39 is 10.9 Å². The van der Waals surface area contributed by atoms with Crippen LogP contribution in [0.15, 0.2) is 53.7 Å². The van der Waals surface area contributed by atoms with E-state index in [1.165, 1.54) is 23.9 Å². The number of hydrogen-bond acceptors (Lipinski definition) is 8. The minimum absolute atomic E-state index is 0.0359. The average molecular weight is 470 g/mol. The number of carbonyl (C=O) groups is 2. The van der Waals surface area contributed by atoms with Crippen molar-refractivity contribution >= 4 is 35.0 Å². The molecule has 0 atom stereocenters. The molecule has 0 unspecified atom stereocenters. The summed E-state index contributed by atoms with van der Waals surface area (Å²) in [7, 11) is 0. The van der Waals surface area contributed by atoms with Gasteiger partial charge < -0.3 is 14.6 Å². The quantitative estimate of drug-likeness (QED) is 0.214. The van der Waals surface area contributed by atoms with Gasteiger partial charge in [-0.2, -0.15) is 0 Å². The van der Waals surface area contributed by atoms with Crippen LogP contribution in [0.1, 0.15) is 31.1 Å². The zero-order chi connectivity index (χ0) is 24.0. The first-order valence-corrected chi connectivity index (χ1v) is 11.2. The van der Waals surface area contributed by atoms with Crippen molar-refractivity contribution in [2.24, 2.45) is 0 Å². The molecule has 0 radical (unpaired) electrons. The fourth-order valence-corrected chi connectivity index (χ4v) is 3.79. The molecule has 33 heavy (non-hydrogen) atoms. The lowest BCUT2D eigenvalue weighted by atomic mass is 10.2. The number of ether oxygens (including phenoxy) is 1. The maximum atomic E-state index is 12.5. The topological polar surface area (TPSA) is 129 Å². The predicted octanol–water partition coefficient (Wildman–Crippen LogP) is 4.17.